The van der Waals surface area contributed by atoms with E-state index in [0.29, 0.717) is 11.7 Å². The molecule has 0 atom stereocenters. The number of nitrogens with one attached hydrogen (secondary N) is 1. The Balaban J connectivity index is 2.10. The van der Waals surface area contributed by atoms with Crippen LogP contribution in [0.1, 0.15) is 5.89 Å². The summed E-state index contributed by atoms with van der Waals surface area (Å²) < 4.78 is 5.10. The molecule has 0 aliphatic heterocycles. The number of rotatable bonds is 4. The summed E-state index contributed by atoms with van der Waals surface area (Å²) in [4.78, 5) is 5.33. The molecule has 0 spiro atoms. The Morgan fingerprint density at radius 2 is 2.50 bits per heavy atom. The molecule has 0 bridgehead atoms. The zero-order valence-corrected chi connectivity index (χ0v) is 8.67. The van der Waals surface area contributed by atoms with E-state index in [1.165, 1.54) is 0 Å². The molecule has 1 N–H and O–H groups in total. The van der Waals surface area contributed by atoms with E-state index >= 15 is 0 Å². The topological polar surface area (TPSA) is 51.0 Å². The van der Waals surface area contributed by atoms with Gasteiger partial charge in [0.1, 0.15) is 0 Å². The molecule has 2 heterocycles. The predicted molar refractivity (Wildman–Crippen MR) is 55.2 cm³/mol. The molecule has 0 aliphatic rings. The summed E-state index contributed by atoms with van der Waals surface area (Å²) in [7, 11) is 1.90. The molecule has 2 rings (SSSR count). The molecule has 2 aromatic rings. The third-order valence-electron chi connectivity index (χ3n) is 1.80. The first-order valence-electron chi connectivity index (χ1n) is 4.41. The fourth-order valence-electron chi connectivity index (χ4n) is 1.09. The highest BCUT2D eigenvalue weighted by Gasteiger charge is 2.08. The van der Waals surface area contributed by atoms with Crippen LogP contribution in [0.3, 0.4) is 0 Å². The van der Waals surface area contributed by atoms with Crippen molar-refractivity contribution in [1.82, 2.24) is 15.5 Å². The minimum atomic E-state index is 0.683. The minimum Gasteiger partial charge on any atom is -0.339 e. The molecule has 0 aliphatic carbocycles. The van der Waals surface area contributed by atoms with Gasteiger partial charge in [0.25, 0.3) is 0 Å². The molecule has 0 fully saturated rings. The van der Waals surface area contributed by atoms with Gasteiger partial charge in [0.15, 0.2) is 0 Å². The second-order valence-electron chi connectivity index (χ2n) is 2.84. The number of hydrogen-bond donors (Lipinski definition) is 1. The van der Waals surface area contributed by atoms with Gasteiger partial charge in [0.05, 0.1) is 4.88 Å². The Morgan fingerprint density at radius 3 is 3.21 bits per heavy atom. The van der Waals surface area contributed by atoms with Crippen LogP contribution in [0.4, 0.5) is 0 Å². The van der Waals surface area contributed by atoms with E-state index in [0.717, 1.165) is 17.8 Å². The maximum atomic E-state index is 5.10. The van der Waals surface area contributed by atoms with Crippen molar-refractivity contribution in [1.29, 1.82) is 0 Å². The lowest BCUT2D eigenvalue weighted by Crippen LogP contribution is -2.10. The molecule has 0 saturated carbocycles. The Kier molecular flexibility index (Phi) is 2.90. The largest absolute Gasteiger partial charge is 0.339 e. The predicted octanol–water partition coefficient (Wildman–Crippen LogP) is 1.56. The van der Waals surface area contributed by atoms with Gasteiger partial charge < -0.3 is 9.84 Å². The fraction of sp³-hybridized carbons (Fsp3) is 0.333. The van der Waals surface area contributed by atoms with E-state index in [1.807, 2.05) is 24.6 Å². The summed E-state index contributed by atoms with van der Waals surface area (Å²) >= 11 is 1.61. The molecule has 5 heteroatoms. The van der Waals surface area contributed by atoms with Gasteiger partial charge in [0.2, 0.25) is 11.7 Å². The average molecular weight is 209 g/mol. The van der Waals surface area contributed by atoms with Crippen molar-refractivity contribution in [2.45, 2.75) is 6.42 Å². The summed E-state index contributed by atoms with van der Waals surface area (Å²) in [6, 6.07) is 3.96. The van der Waals surface area contributed by atoms with Gasteiger partial charge in [-0.3, -0.25) is 0 Å². The van der Waals surface area contributed by atoms with Gasteiger partial charge in [-0.1, -0.05) is 11.2 Å². The minimum absolute atomic E-state index is 0.683. The molecule has 0 unspecified atom stereocenters. The second kappa shape index (κ2) is 4.34. The van der Waals surface area contributed by atoms with Crippen molar-refractivity contribution in [2.24, 2.45) is 0 Å². The summed E-state index contributed by atoms with van der Waals surface area (Å²) in [5.74, 6) is 1.37. The summed E-state index contributed by atoms with van der Waals surface area (Å²) in [5.41, 5.74) is 0. The molecular formula is C9H11N3OS. The highest BCUT2D eigenvalue weighted by atomic mass is 32.1. The van der Waals surface area contributed by atoms with Gasteiger partial charge in [-0.2, -0.15) is 4.98 Å². The summed E-state index contributed by atoms with van der Waals surface area (Å²) in [6.45, 7) is 0.853. The highest BCUT2D eigenvalue weighted by molar-refractivity contribution is 7.13. The van der Waals surface area contributed by atoms with Gasteiger partial charge in [0, 0.05) is 13.0 Å². The number of likely N-dealkylation sites (N-methyl/N-ethyl adjacent to an activating group) is 1. The van der Waals surface area contributed by atoms with E-state index in [9.17, 15) is 0 Å². The van der Waals surface area contributed by atoms with Gasteiger partial charge in [-0.25, -0.2) is 0 Å². The Morgan fingerprint density at radius 1 is 1.57 bits per heavy atom. The molecule has 0 saturated heterocycles. The molecule has 14 heavy (non-hydrogen) atoms. The molecular weight excluding hydrogens is 198 g/mol. The Hall–Kier alpha value is -1.20. The molecule has 2 aromatic heterocycles. The van der Waals surface area contributed by atoms with Crippen LogP contribution in [0, 0.1) is 0 Å². The first-order valence-corrected chi connectivity index (χ1v) is 5.29. The number of thiophene rings is 1. The summed E-state index contributed by atoms with van der Waals surface area (Å²) in [6.07, 6.45) is 0.773. The third-order valence-corrected chi connectivity index (χ3v) is 2.66. The number of nitrogens with zero attached hydrogens (tertiary/aromatic N) is 2. The normalized spacial score (nSPS) is 10.6. The van der Waals surface area contributed by atoms with Gasteiger partial charge in [-0.05, 0) is 18.5 Å². The second-order valence-corrected chi connectivity index (χ2v) is 3.79. The van der Waals surface area contributed by atoms with E-state index in [-0.39, 0.29) is 0 Å². The number of aromatic nitrogens is 2. The van der Waals surface area contributed by atoms with Crippen LogP contribution >= 0.6 is 11.3 Å². The van der Waals surface area contributed by atoms with Crippen molar-refractivity contribution in [3.8, 4) is 10.7 Å². The lowest BCUT2D eigenvalue weighted by atomic mass is 10.4. The summed E-state index contributed by atoms with van der Waals surface area (Å²) in [5, 5.41) is 8.94. The van der Waals surface area contributed by atoms with Crippen LogP contribution in [-0.2, 0) is 6.42 Å². The van der Waals surface area contributed by atoms with Crippen LogP contribution < -0.4 is 5.32 Å². The molecule has 0 aromatic carbocycles. The SMILES string of the molecule is CNCCc1nc(-c2cccs2)no1. The van der Waals surface area contributed by atoms with Crippen LogP contribution in [-0.4, -0.2) is 23.7 Å². The smallest absolute Gasteiger partial charge is 0.228 e. The maximum absolute atomic E-state index is 5.10. The highest BCUT2D eigenvalue weighted by Crippen LogP contribution is 2.21. The van der Waals surface area contributed by atoms with Crippen molar-refractivity contribution in [3.05, 3.63) is 23.4 Å². The molecule has 0 radical (unpaired) electrons. The van der Waals surface area contributed by atoms with Crippen LogP contribution in [0.2, 0.25) is 0 Å². The van der Waals surface area contributed by atoms with E-state index in [2.05, 4.69) is 15.5 Å². The molecule has 0 amide bonds. The van der Waals surface area contributed by atoms with Crippen molar-refractivity contribution in [2.75, 3.05) is 13.6 Å². The Labute approximate surface area is 86.0 Å². The average Bonchev–Trinajstić information content (AvgIpc) is 2.85. The first kappa shape index (κ1) is 9.36. The number of hydrogen-bond acceptors (Lipinski definition) is 5. The fourth-order valence-corrected chi connectivity index (χ4v) is 1.74. The van der Waals surface area contributed by atoms with Crippen LogP contribution in [0.5, 0.6) is 0 Å². The lowest BCUT2D eigenvalue weighted by molar-refractivity contribution is 0.378. The zero-order valence-electron chi connectivity index (χ0n) is 7.86. The van der Waals surface area contributed by atoms with Crippen molar-refractivity contribution < 1.29 is 4.52 Å². The van der Waals surface area contributed by atoms with E-state index < -0.39 is 0 Å². The standard InChI is InChI=1S/C9H11N3OS/c1-10-5-4-8-11-9(12-13-8)7-3-2-6-14-7/h2-3,6,10H,4-5H2,1H3. The zero-order chi connectivity index (χ0) is 9.80. The van der Waals surface area contributed by atoms with Gasteiger partial charge >= 0.3 is 0 Å². The van der Waals surface area contributed by atoms with Crippen molar-refractivity contribution >= 4 is 11.3 Å². The molecule has 4 nitrogen and oxygen atoms in total. The maximum Gasteiger partial charge on any atom is 0.228 e. The third kappa shape index (κ3) is 2.00. The molecule has 74 valence electrons. The van der Waals surface area contributed by atoms with E-state index in [4.69, 9.17) is 4.52 Å². The van der Waals surface area contributed by atoms with Crippen molar-refractivity contribution in [3.63, 3.8) is 0 Å². The first-order chi connectivity index (χ1) is 6.90. The quantitative estimate of drug-likeness (QED) is 0.830. The van der Waals surface area contributed by atoms with Gasteiger partial charge in [-0.15, -0.1) is 11.3 Å². The monoisotopic (exact) mass is 209 g/mol. The van der Waals surface area contributed by atoms with E-state index in [1.54, 1.807) is 11.3 Å². The lowest BCUT2D eigenvalue weighted by Gasteiger charge is -1.90. The van der Waals surface area contributed by atoms with Crippen LogP contribution in [0.15, 0.2) is 22.0 Å². The van der Waals surface area contributed by atoms with Crippen LogP contribution in [0.25, 0.3) is 10.7 Å². The Bertz CT molecular complexity index is 382.